The Morgan fingerprint density at radius 1 is 0.406 bits per heavy atom. The number of hydrogen-bond donors (Lipinski definition) is 0. The van der Waals surface area contributed by atoms with E-state index in [2.05, 4.69) is 233 Å². The third-order valence-corrected chi connectivity index (χ3v) is 15.6. The van der Waals surface area contributed by atoms with Gasteiger partial charge in [0.05, 0.1) is 11.1 Å². The largest absolute Gasteiger partial charge is 0.310 e. The van der Waals surface area contributed by atoms with Crippen LogP contribution in [0.1, 0.15) is 89.8 Å². The molecule has 0 heterocycles. The van der Waals surface area contributed by atoms with Gasteiger partial charge in [-0.3, -0.25) is 0 Å². The van der Waals surface area contributed by atoms with E-state index in [1.807, 2.05) is 0 Å². The van der Waals surface area contributed by atoms with Crippen molar-refractivity contribution in [1.29, 1.82) is 0 Å². The smallest absolute Gasteiger partial charge is 0.0720 e. The maximum Gasteiger partial charge on any atom is 0.0720 e. The fraction of sp³-hybridized carbons (Fsp3) is 0.143. The molecule has 0 bridgehead atoms. The molecule has 0 amide bonds. The molecule has 13 rings (SSSR count). The number of aryl methyl sites for hydroxylation is 1. The molecular weight excluding hydrogens is 771 g/mol. The van der Waals surface area contributed by atoms with Crippen LogP contribution in [0, 0.1) is 0 Å². The van der Waals surface area contributed by atoms with Gasteiger partial charge in [0.1, 0.15) is 0 Å². The fourth-order valence-corrected chi connectivity index (χ4v) is 12.7. The summed E-state index contributed by atoms with van der Waals surface area (Å²) in [6.07, 6.45) is 6.81. The van der Waals surface area contributed by atoms with Gasteiger partial charge in [0.15, 0.2) is 0 Å². The summed E-state index contributed by atoms with van der Waals surface area (Å²) < 4.78 is 0. The van der Waals surface area contributed by atoms with Crippen molar-refractivity contribution in [2.45, 2.75) is 56.8 Å². The van der Waals surface area contributed by atoms with Crippen molar-refractivity contribution in [2.24, 2.45) is 0 Å². The summed E-state index contributed by atoms with van der Waals surface area (Å²) in [5, 5.41) is 2.64. The van der Waals surface area contributed by atoms with Crippen LogP contribution in [-0.4, -0.2) is 0 Å². The van der Waals surface area contributed by atoms with Crippen LogP contribution in [0.3, 0.4) is 0 Å². The molecular formula is C63H49N. The highest BCUT2D eigenvalue weighted by Crippen LogP contribution is 2.64. The molecule has 1 heteroatoms. The van der Waals surface area contributed by atoms with Gasteiger partial charge < -0.3 is 4.90 Å². The number of rotatable bonds is 4. The zero-order valence-corrected chi connectivity index (χ0v) is 36.9. The Morgan fingerprint density at radius 2 is 0.969 bits per heavy atom. The van der Waals surface area contributed by atoms with Gasteiger partial charge in [-0.15, -0.1) is 0 Å². The van der Waals surface area contributed by atoms with E-state index in [-0.39, 0.29) is 10.8 Å². The maximum atomic E-state index is 2.55. The summed E-state index contributed by atoms with van der Waals surface area (Å²) in [6, 6.07) is 71.9. The minimum Gasteiger partial charge on any atom is -0.310 e. The average Bonchev–Trinajstić information content (AvgIpc) is 3.77. The second-order valence-corrected chi connectivity index (χ2v) is 19.5. The highest BCUT2D eigenvalue weighted by atomic mass is 15.1. The van der Waals surface area contributed by atoms with Gasteiger partial charge in [-0.25, -0.2) is 0 Å². The van der Waals surface area contributed by atoms with E-state index in [0.29, 0.717) is 0 Å². The van der Waals surface area contributed by atoms with Crippen molar-refractivity contribution >= 4 is 33.9 Å². The summed E-state index contributed by atoms with van der Waals surface area (Å²) in [5.41, 5.74) is 24.3. The first-order valence-electron chi connectivity index (χ1n) is 23.1. The number of benzene rings is 9. The number of nitrogens with zero attached hydrogens (tertiary/aromatic N) is 1. The quantitative estimate of drug-likeness (QED) is 0.171. The van der Waals surface area contributed by atoms with Crippen molar-refractivity contribution in [3.63, 3.8) is 0 Å². The van der Waals surface area contributed by atoms with Crippen LogP contribution in [0.2, 0.25) is 0 Å². The Morgan fingerprint density at radius 3 is 1.70 bits per heavy atom. The lowest BCUT2D eigenvalue weighted by Crippen LogP contribution is -2.40. The van der Waals surface area contributed by atoms with Crippen LogP contribution >= 0.6 is 0 Å². The Labute approximate surface area is 377 Å². The minimum atomic E-state index is -0.482. The molecule has 64 heavy (non-hydrogen) atoms. The highest BCUT2D eigenvalue weighted by molar-refractivity contribution is 6.03. The van der Waals surface area contributed by atoms with Crippen molar-refractivity contribution in [3.05, 3.63) is 250 Å². The van der Waals surface area contributed by atoms with Crippen molar-refractivity contribution < 1.29 is 0 Å². The lowest BCUT2D eigenvalue weighted by atomic mass is 9.55. The fourth-order valence-electron chi connectivity index (χ4n) is 12.7. The van der Waals surface area contributed by atoms with Gasteiger partial charge in [-0.1, -0.05) is 192 Å². The Hall–Kier alpha value is -7.22. The lowest BCUT2D eigenvalue weighted by molar-refractivity contribution is 0.563. The lowest BCUT2D eigenvalue weighted by Gasteiger charge is -2.46. The van der Waals surface area contributed by atoms with Crippen LogP contribution in [0.25, 0.3) is 50.2 Å². The van der Waals surface area contributed by atoms with Crippen LogP contribution in [0.15, 0.2) is 194 Å². The third-order valence-electron chi connectivity index (χ3n) is 15.6. The van der Waals surface area contributed by atoms with E-state index in [9.17, 15) is 0 Å². The maximum absolute atomic E-state index is 2.55. The summed E-state index contributed by atoms with van der Waals surface area (Å²) in [5.74, 6) is 0. The zero-order chi connectivity index (χ0) is 43.0. The third kappa shape index (κ3) is 4.90. The summed E-state index contributed by atoms with van der Waals surface area (Å²) >= 11 is 0. The molecule has 0 saturated carbocycles. The van der Waals surface area contributed by atoms with E-state index in [1.165, 1.54) is 105 Å². The van der Waals surface area contributed by atoms with Crippen molar-refractivity contribution in [2.75, 3.05) is 4.90 Å². The van der Waals surface area contributed by atoms with Gasteiger partial charge in [0.2, 0.25) is 0 Å². The molecule has 1 nitrogen and oxygen atoms in total. The first-order valence-corrected chi connectivity index (χ1v) is 23.1. The Bertz CT molecular complexity index is 3400. The molecule has 0 atom stereocenters. The predicted molar refractivity (Wildman–Crippen MR) is 268 cm³/mol. The van der Waals surface area contributed by atoms with Gasteiger partial charge in [0, 0.05) is 27.8 Å². The minimum absolute atomic E-state index is 0.141. The molecule has 0 unspecified atom stereocenters. The number of fused-ring (bicyclic) bond motifs is 15. The molecule has 0 fully saturated rings. The predicted octanol–water partition coefficient (Wildman–Crippen LogP) is 16.2. The molecule has 1 spiro atoms. The average molecular weight is 820 g/mol. The molecule has 4 aliphatic rings. The molecule has 9 aromatic rings. The molecule has 0 aliphatic heterocycles. The van der Waals surface area contributed by atoms with Gasteiger partial charge in [-0.05, 0) is 143 Å². The number of allylic oxidation sites excluding steroid dienone is 1. The SMILES string of the molecule is CC1(C)c2ccccc2-c2ccc(N(c3ccc(-c4cc5c(c6ccccc46)C=CCC5)cc3)c3cccc4c3-c3ccccc3C43c4ccccc4C(C)(C)c4ccccc43)cc21. The summed E-state index contributed by atoms with van der Waals surface area (Å²) in [7, 11) is 0. The van der Waals surface area contributed by atoms with Crippen LogP contribution in [0.4, 0.5) is 17.1 Å². The van der Waals surface area contributed by atoms with Gasteiger partial charge in [-0.2, -0.15) is 0 Å². The van der Waals surface area contributed by atoms with E-state index < -0.39 is 5.41 Å². The van der Waals surface area contributed by atoms with Crippen LogP contribution in [-0.2, 0) is 22.7 Å². The summed E-state index contributed by atoms with van der Waals surface area (Å²) in [6.45, 7) is 9.58. The van der Waals surface area contributed by atoms with Crippen LogP contribution < -0.4 is 4.90 Å². The van der Waals surface area contributed by atoms with Gasteiger partial charge >= 0.3 is 0 Å². The van der Waals surface area contributed by atoms with E-state index in [0.717, 1.165) is 24.2 Å². The van der Waals surface area contributed by atoms with E-state index in [1.54, 1.807) is 0 Å². The Balaban J connectivity index is 1.07. The number of anilines is 3. The molecule has 306 valence electrons. The monoisotopic (exact) mass is 819 g/mol. The molecule has 0 radical (unpaired) electrons. The molecule has 0 N–H and O–H groups in total. The molecule has 4 aliphatic carbocycles. The van der Waals surface area contributed by atoms with Crippen molar-refractivity contribution in [3.8, 4) is 33.4 Å². The Kier molecular flexibility index (Phi) is 7.82. The molecule has 0 aromatic heterocycles. The zero-order valence-electron chi connectivity index (χ0n) is 36.9. The normalized spacial score (nSPS) is 16.0. The number of hydrogen-bond acceptors (Lipinski definition) is 1. The van der Waals surface area contributed by atoms with Crippen LogP contribution in [0.5, 0.6) is 0 Å². The molecule has 9 aromatic carbocycles. The highest BCUT2D eigenvalue weighted by Gasteiger charge is 2.54. The second kappa shape index (κ2) is 13.4. The van der Waals surface area contributed by atoms with Gasteiger partial charge in [0.25, 0.3) is 0 Å². The first kappa shape index (κ1) is 37.3. The van der Waals surface area contributed by atoms with E-state index >= 15 is 0 Å². The first-order chi connectivity index (χ1) is 31.3. The topological polar surface area (TPSA) is 3.24 Å². The molecule has 0 saturated heterocycles. The van der Waals surface area contributed by atoms with E-state index in [4.69, 9.17) is 0 Å². The summed E-state index contributed by atoms with van der Waals surface area (Å²) in [4.78, 5) is 2.55. The van der Waals surface area contributed by atoms with Crippen molar-refractivity contribution in [1.82, 2.24) is 0 Å². The second-order valence-electron chi connectivity index (χ2n) is 19.5. The standard InChI is InChI=1S/C63H49N/c1-61(2)51-24-11-9-22-47(51)48-37-36-43(39-58(48)61)64(42-34-32-40(33-35-42)50-38-41-18-5-6-19-44(41)45-20-7-8-21-46(45)50)59-31-17-30-57-60(59)49-23-10-12-25-52(49)63(57)55-28-15-13-26-53(55)62(3,4)54-27-14-16-29-56(54)63/h6-17,19-39H,5,18H2,1-4H3.